The third kappa shape index (κ3) is 5.22. The maximum Gasteiger partial charge on any atom is 0.303 e. The second-order valence-corrected chi connectivity index (χ2v) is 2.93. The van der Waals surface area contributed by atoms with Crippen molar-refractivity contribution >= 4 is 11.9 Å². The number of carbonyl (C=O) groups is 2. The zero-order chi connectivity index (χ0) is 10.3. The van der Waals surface area contributed by atoms with Crippen LogP contribution in [0.15, 0.2) is 0 Å². The van der Waals surface area contributed by atoms with Crippen molar-refractivity contribution in [3.63, 3.8) is 0 Å². The van der Waals surface area contributed by atoms with Crippen LogP contribution in [0.3, 0.4) is 0 Å². The predicted molar refractivity (Wildman–Crippen MR) is 49.3 cm³/mol. The molecule has 76 valence electrons. The van der Waals surface area contributed by atoms with Gasteiger partial charge < -0.3 is 10.4 Å². The molecule has 0 aromatic carbocycles. The monoisotopic (exact) mass is 187 g/mol. The van der Waals surface area contributed by atoms with Crippen LogP contribution in [0.5, 0.6) is 0 Å². The van der Waals surface area contributed by atoms with Crippen LogP contribution < -0.4 is 5.32 Å². The molecule has 0 aromatic rings. The molecule has 4 nitrogen and oxygen atoms in total. The Kier molecular flexibility index (Phi) is 5.93. The number of aliphatic carboxylic acids is 1. The molecule has 0 heterocycles. The average molecular weight is 187 g/mol. The minimum atomic E-state index is -0.845. The molecule has 0 aliphatic carbocycles. The number of amides is 1. The van der Waals surface area contributed by atoms with Crippen LogP contribution in [0.25, 0.3) is 0 Å². The molecule has 2 N–H and O–H groups in total. The molecule has 1 unspecified atom stereocenters. The van der Waals surface area contributed by atoms with Crippen LogP contribution in [0.1, 0.15) is 33.1 Å². The van der Waals surface area contributed by atoms with E-state index in [1.165, 1.54) is 0 Å². The lowest BCUT2D eigenvalue weighted by molar-refractivity contribution is -0.137. The number of hydrogen-bond acceptors (Lipinski definition) is 2. The predicted octanol–water partition coefficient (Wildman–Crippen LogP) is 1.01. The summed E-state index contributed by atoms with van der Waals surface area (Å²) in [5.74, 6) is -1.04. The molecule has 0 bridgehead atoms. The Labute approximate surface area is 78.3 Å². The lowest BCUT2D eigenvalue weighted by Crippen LogP contribution is -2.30. The second kappa shape index (κ2) is 6.46. The minimum Gasteiger partial charge on any atom is -0.481 e. The van der Waals surface area contributed by atoms with E-state index in [-0.39, 0.29) is 18.2 Å². The summed E-state index contributed by atoms with van der Waals surface area (Å²) in [7, 11) is 0. The first-order valence-corrected chi connectivity index (χ1v) is 4.61. The van der Waals surface area contributed by atoms with Gasteiger partial charge in [-0.2, -0.15) is 0 Å². The zero-order valence-corrected chi connectivity index (χ0v) is 8.17. The molecule has 4 heteroatoms. The smallest absolute Gasteiger partial charge is 0.303 e. The lowest BCUT2D eigenvalue weighted by Gasteiger charge is -2.12. The van der Waals surface area contributed by atoms with Gasteiger partial charge in [-0.15, -0.1) is 0 Å². The van der Waals surface area contributed by atoms with E-state index < -0.39 is 5.97 Å². The summed E-state index contributed by atoms with van der Waals surface area (Å²) < 4.78 is 0. The summed E-state index contributed by atoms with van der Waals surface area (Å²) in [5, 5.41) is 11.1. The van der Waals surface area contributed by atoms with Gasteiger partial charge in [-0.25, -0.2) is 0 Å². The molecule has 0 spiro atoms. The highest BCUT2D eigenvalue weighted by Gasteiger charge is 2.16. The van der Waals surface area contributed by atoms with Gasteiger partial charge in [0.2, 0.25) is 5.91 Å². The first-order valence-electron chi connectivity index (χ1n) is 4.61. The highest BCUT2D eigenvalue weighted by molar-refractivity contribution is 5.79. The van der Waals surface area contributed by atoms with Crippen LogP contribution in [0.2, 0.25) is 0 Å². The van der Waals surface area contributed by atoms with Crippen molar-refractivity contribution in [3.8, 4) is 0 Å². The Morgan fingerprint density at radius 2 is 2.00 bits per heavy atom. The summed E-state index contributed by atoms with van der Waals surface area (Å²) in [4.78, 5) is 21.6. The molecule has 0 saturated heterocycles. The first kappa shape index (κ1) is 11.9. The second-order valence-electron chi connectivity index (χ2n) is 2.93. The Hall–Kier alpha value is -1.06. The van der Waals surface area contributed by atoms with Gasteiger partial charge in [-0.1, -0.05) is 6.92 Å². The molecule has 13 heavy (non-hydrogen) atoms. The van der Waals surface area contributed by atoms with Gasteiger partial charge in [-0.3, -0.25) is 9.59 Å². The third-order valence-corrected chi connectivity index (χ3v) is 1.92. The van der Waals surface area contributed by atoms with Gasteiger partial charge >= 0.3 is 5.97 Å². The molecule has 1 atom stereocenters. The Morgan fingerprint density at radius 1 is 1.38 bits per heavy atom. The Morgan fingerprint density at radius 3 is 2.38 bits per heavy atom. The number of hydrogen-bond donors (Lipinski definition) is 2. The van der Waals surface area contributed by atoms with Crippen molar-refractivity contribution in [2.45, 2.75) is 33.1 Å². The lowest BCUT2D eigenvalue weighted by atomic mass is 9.99. The van der Waals surface area contributed by atoms with Crippen LogP contribution >= 0.6 is 0 Å². The van der Waals surface area contributed by atoms with Gasteiger partial charge in [0.05, 0.1) is 0 Å². The van der Waals surface area contributed by atoms with E-state index in [2.05, 4.69) is 5.32 Å². The summed E-state index contributed by atoms with van der Waals surface area (Å²) in [5.41, 5.74) is 0. The first-order chi connectivity index (χ1) is 6.11. The van der Waals surface area contributed by atoms with Crippen molar-refractivity contribution in [3.05, 3.63) is 0 Å². The van der Waals surface area contributed by atoms with Crippen LogP contribution in [0.4, 0.5) is 0 Å². The molecule has 0 aromatic heterocycles. The van der Waals surface area contributed by atoms with E-state index in [1.807, 2.05) is 13.8 Å². The molecule has 0 rings (SSSR count). The van der Waals surface area contributed by atoms with Crippen LogP contribution in [0, 0.1) is 5.92 Å². The fourth-order valence-corrected chi connectivity index (χ4v) is 1.14. The van der Waals surface area contributed by atoms with Crippen molar-refractivity contribution in [1.29, 1.82) is 0 Å². The maximum atomic E-state index is 11.3. The molecule has 0 saturated carbocycles. The molecule has 0 aliphatic heterocycles. The fraction of sp³-hybridized carbons (Fsp3) is 0.778. The summed E-state index contributed by atoms with van der Waals surface area (Å²) in [6.45, 7) is 4.34. The SMILES string of the molecule is CCNC(=O)C(CC)CCC(=O)O. The van der Waals surface area contributed by atoms with E-state index in [9.17, 15) is 9.59 Å². The average Bonchev–Trinajstić information content (AvgIpc) is 2.05. The van der Waals surface area contributed by atoms with Crippen molar-refractivity contribution < 1.29 is 14.7 Å². The van der Waals surface area contributed by atoms with Crippen LogP contribution in [-0.2, 0) is 9.59 Å². The maximum absolute atomic E-state index is 11.3. The number of rotatable bonds is 6. The van der Waals surface area contributed by atoms with Crippen molar-refractivity contribution in [2.24, 2.45) is 5.92 Å². The van der Waals surface area contributed by atoms with E-state index in [1.54, 1.807) is 0 Å². The summed E-state index contributed by atoms with van der Waals surface area (Å²) in [6, 6.07) is 0. The van der Waals surface area contributed by atoms with Gasteiger partial charge in [0.15, 0.2) is 0 Å². The highest BCUT2D eigenvalue weighted by Crippen LogP contribution is 2.10. The van der Waals surface area contributed by atoms with E-state index in [4.69, 9.17) is 5.11 Å². The standard InChI is InChI=1S/C9H17NO3/c1-3-7(5-6-8(11)12)9(13)10-4-2/h7H,3-6H2,1-2H3,(H,10,13)(H,11,12). The summed E-state index contributed by atoms with van der Waals surface area (Å²) >= 11 is 0. The number of carboxylic acid groups (broad SMARTS) is 1. The highest BCUT2D eigenvalue weighted by atomic mass is 16.4. The van der Waals surface area contributed by atoms with Gasteiger partial charge in [-0.05, 0) is 19.8 Å². The van der Waals surface area contributed by atoms with Gasteiger partial charge in [0.25, 0.3) is 0 Å². The number of nitrogens with one attached hydrogen (secondary N) is 1. The summed E-state index contributed by atoms with van der Waals surface area (Å²) in [6.07, 6.45) is 1.19. The van der Waals surface area contributed by atoms with Crippen molar-refractivity contribution in [1.82, 2.24) is 5.32 Å². The van der Waals surface area contributed by atoms with Crippen molar-refractivity contribution in [2.75, 3.05) is 6.54 Å². The molecule has 0 radical (unpaired) electrons. The molecule has 1 amide bonds. The van der Waals surface area contributed by atoms with E-state index in [0.717, 1.165) is 0 Å². The molecule has 0 fully saturated rings. The fourth-order valence-electron chi connectivity index (χ4n) is 1.14. The molecule has 0 aliphatic rings. The van der Waals surface area contributed by atoms with Crippen LogP contribution in [-0.4, -0.2) is 23.5 Å². The van der Waals surface area contributed by atoms with E-state index in [0.29, 0.717) is 19.4 Å². The van der Waals surface area contributed by atoms with E-state index >= 15 is 0 Å². The number of carbonyl (C=O) groups excluding carboxylic acids is 1. The topological polar surface area (TPSA) is 66.4 Å². The zero-order valence-electron chi connectivity index (χ0n) is 8.17. The van der Waals surface area contributed by atoms with Gasteiger partial charge in [0.1, 0.15) is 0 Å². The third-order valence-electron chi connectivity index (χ3n) is 1.92. The van der Waals surface area contributed by atoms with Gasteiger partial charge in [0, 0.05) is 18.9 Å². The molecular formula is C9H17NO3. The quantitative estimate of drug-likeness (QED) is 0.652. The Bertz CT molecular complexity index is 180. The minimum absolute atomic E-state index is 0.0359. The largest absolute Gasteiger partial charge is 0.481 e. The Balaban J connectivity index is 3.87. The number of carboxylic acids is 1. The normalized spacial score (nSPS) is 12.2. The molecular weight excluding hydrogens is 170 g/mol.